The molecule has 2 N–H and O–H groups in total. The van der Waals surface area contributed by atoms with Crippen LogP contribution in [0.1, 0.15) is 47.0 Å². The molecule has 0 amide bonds. The van der Waals surface area contributed by atoms with Gasteiger partial charge < -0.3 is 10.5 Å². The Labute approximate surface area is 101 Å². The van der Waals surface area contributed by atoms with E-state index in [0.717, 1.165) is 6.42 Å². The topological polar surface area (TPSA) is 38.5 Å². The summed E-state index contributed by atoms with van der Waals surface area (Å²) in [4.78, 5) is 2.42. The Morgan fingerprint density at radius 2 is 1.69 bits per heavy atom. The van der Waals surface area contributed by atoms with Crippen LogP contribution in [0.2, 0.25) is 0 Å². The maximum Gasteiger partial charge on any atom is 0.0638 e. The maximum absolute atomic E-state index is 5.89. The summed E-state index contributed by atoms with van der Waals surface area (Å²) in [5, 5.41) is 0. The SMILES string of the molecule is CCC(CC)N(C)C(CN)CC(C)(C)OC. The van der Waals surface area contributed by atoms with Gasteiger partial charge in [-0.1, -0.05) is 13.8 Å². The van der Waals surface area contributed by atoms with Gasteiger partial charge in [0.15, 0.2) is 0 Å². The lowest BCUT2D eigenvalue weighted by Gasteiger charge is -2.37. The largest absolute Gasteiger partial charge is 0.379 e. The molecule has 0 aromatic carbocycles. The molecule has 0 fully saturated rings. The molecule has 0 aliphatic heterocycles. The lowest BCUT2D eigenvalue weighted by molar-refractivity contribution is -0.0101. The van der Waals surface area contributed by atoms with E-state index in [1.54, 1.807) is 7.11 Å². The number of nitrogens with zero attached hydrogens (tertiary/aromatic N) is 1. The minimum atomic E-state index is -0.0929. The fourth-order valence-corrected chi connectivity index (χ4v) is 2.21. The molecule has 0 aromatic rings. The van der Waals surface area contributed by atoms with E-state index in [1.807, 2.05) is 0 Å². The zero-order chi connectivity index (χ0) is 12.8. The lowest BCUT2D eigenvalue weighted by Crippen LogP contribution is -2.47. The number of rotatable bonds is 8. The van der Waals surface area contributed by atoms with Crippen molar-refractivity contribution in [2.24, 2.45) is 5.73 Å². The van der Waals surface area contributed by atoms with Crippen molar-refractivity contribution in [2.45, 2.75) is 64.6 Å². The van der Waals surface area contributed by atoms with Gasteiger partial charge in [-0.3, -0.25) is 4.90 Å². The highest BCUT2D eigenvalue weighted by Gasteiger charge is 2.27. The van der Waals surface area contributed by atoms with Crippen molar-refractivity contribution >= 4 is 0 Å². The van der Waals surface area contributed by atoms with E-state index in [1.165, 1.54) is 12.8 Å². The van der Waals surface area contributed by atoms with Crippen LogP contribution in [0, 0.1) is 0 Å². The zero-order valence-electron chi connectivity index (χ0n) is 11.9. The monoisotopic (exact) mass is 230 g/mol. The van der Waals surface area contributed by atoms with Crippen LogP contribution in [0.5, 0.6) is 0 Å². The minimum Gasteiger partial charge on any atom is -0.379 e. The van der Waals surface area contributed by atoms with E-state index < -0.39 is 0 Å². The number of likely N-dealkylation sites (N-methyl/N-ethyl adjacent to an activating group) is 1. The molecule has 0 radical (unpaired) electrons. The van der Waals surface area contributed by atoms with Gasteiger partial charge in [-0.25, -0.2) is 0 Å². The van der Waals surface area contributed by atoms with Crippen LogP contribution in [-0.4, -0.2) is 43.3 Å². The van der Waals surface area contributed by atoms with Crippen LogP contribution in [0.15, 0.2) is 0 Å². The van der Waals surface area contributed by atoms with Crippen molar-refractivity contribution in [2.75, 3.05) is 20.7 Å². The van der Waals surface area contributed by atoms with Crippen molar-refractivity contribution in [1.82, 2.24) is 4.90 Å². The molecule has 98 valence electrons. The number of nitrogens with two attached hydrogens (primary N) is 1. The molecule has 0 aliphatic carbocycles. The first-order valence-corrected chi connectivity index (χ1v) is 6.38. The maximum atomic E-state index is 5.89. The summed E-state index contributed by atoms with van der Waals surface area (Å²) in [7, 11) is 3.95. The molecule has 0 rings (SSSR count). The summed E-state index contributed by atoms with van der Waals surface area (Å²) in [6.07, 6.45) is 3.33. The van der Waals surface area contributed by atoms with Crippen molar-refractivity contribution in [1.29, 1.82) is 0 Å². The Morgan fingerprint density at radius 1 is 1.19 bits per heavy atom. The highest BCUT2D eigenvalue weighted by atomic mass is 16.5. The Morgan fingerprint density at radius 3 is 2.00 bits per heavy atom. The van der Waals surface area contributed by atoms with E-state index in [0.29, 0.717) is 18.6 Å². The molecular weight excluding hydrogens is 200 g/mol. The quantitative estimate of drug-likeness (QED) is 0.695. The molecular formula is C13H30N2O. The molecule has 16 heavy (non-hydrogen) atoms. The Hall–Kier alpha value is -0.120. The first kappa shape index (κ1) is 15.9. The summed E-state index contributed by atoms with van der Waals surface area (Å²) in [6, 6.07) is 1.03. The van der Waals surface area contributed by atoms with Gasteiger partial charge in [0.25, 0.3) is 0 Å². The molecule has 0 aliphatic rings. The number of hydrogen-bond acceptors (Lipinski definition) is 3. The normalized spacial score (nSPS) is 14.8. The fraction of sp³-hybridized carbons (Fsp3) is 1.00. The molecule has 0 aromatic heterocycles. The smallest absolute Gasteiger partial charge is 0.0638 e. The molecule has 1 atom stereocenters. The third-order valence-corrected chi connectivity index (χ3v) is 3.65. The van der Waals surface area contributed by atoms with Gasteiger partial charge in [0, 0.05) is 25.7 Å². The molecule has 3 heteroatoms. The second-order valence-corrected chi connectivity index (χ2v) is 5.19. The molecule has 1 unspecified atom stereocenters. The van der Waals surface area contributed by atoms with Crippen molar-refractivity contribution in [3.63, 3.8) is 0 Å². The zero-order valence-corrected chi connectivity index (χ0v) is 11.9. The fourth-order valence-electron chi connectivity index (χ4n) is 2.21. The summed E-state index contributed by atoms with van der Waals surface area (Å²) >= 11 is 0. The van der Waals surface area contributed by atoms with E-state index in [-0.39, 0.29) is 5.60 Å². The van der Waals surface area contributed by atoms with E-state index in [4.69, 9.17) is 10.5 Å². The minimum absolute atomic E-state index is 0.0929. The highest BCUT2D eigenvalue weighted by molar-refractivity contribution is 4.82. The Kier molecular flexibility index (Phi) is 7.20. The van der Waals surface area contributed by atoms with Crippen LogP contribution in [0.4, 0.5) is 0 Å². The summed E-state index contributed by atoms with van der Waals surface area (Å²) in [6.45, 7) is 9.41. The number of hydrogen-bond donors (Lipinski definition) is 1. The molecule has 3 nitrogen and oxygen atoms in total. The van der Waals surface area contributed by atoms with Crippen LogP contribution in [0.25, 0.3) is 0 Å². The summed E-state index contributed by atoms with van der Waals surface area (Å²) in [5.41, 5.74) is 5.79. The first-order chi connectivity index (χ1) is 7.41. The molecule has 0 saturated heterocycles. The van der Waals surface area contributed by atoms with Crippen molar-refractivity contribution in [3.8, 4) is 0 Å². The molecule has 0 bridgehead atoms. The van der Waals surface area contributed by atoms with Crippen LogP contribution >= 0.6 is 0 Å². The van der Waals surface area contributed by atoms with Gasteiger partial charge in [0.1, 0.15) is 0 Å². The van der Waals surface area contributed by atoms with Crippen molar-refractivity contribution in [3.05, 3.63) is 0 Å². The van der Waals surface area contributed by atoms with Crippen LogP contribution < -0.4 is 5.73 Å². The summed E-state index contributed by atoms with van der Waals surface area (Å²) in [5.74, 6) is 0. The third kappa shape index (κ3) is 4.81. The Bertz CT molecular complexity index is 179. The lowest BCUT2D eigenvalue weighted by atomic mass is 9.96. The van der Waals surface area contributed by atoms with Gasteiger partial charge >= 0.3 is 0 Å². The summed E-state index contributed by atoms with van der Waals surface area (Å²) < 4.78 is 5.48. The second kappa shape index (κ2) is 7.25. The molecule has 0 saturated carbocycles. The molecule has 0 spiro atoms. The van der Waals surface area contributed by atoms with Gasteiger partial charge in [-0.15, -0.1) is 0 Å². The van der Waals surface area contributed by atoms with E-state index >= 15 is 0 Å². The van der Waals surface area contributed by atoms with Gasteiger partial charge in [-0.2, -0.15) is 0 Å². The molecule has 0 heterocycles. The predicted octanol–water partition coefficient (Wildman–Crippen LogP) is 2.25. The predicted molar refractivity (Wildman–Crippen MR) is 70.7 cm³/mol. The van der Waals surface area contributed by atoms with Crippen LogP contribution in [-0.2, 0) is 4.74 Å². The van der Waals surface area contributed by atoms with Gasteiger partial charge in [-0.05, 0) is 40.2 Å². The van der Waals surface area contributed by atoms with E-state index in [2.05, 4.69) is 39.6 Å². The standard InChI is InChI=1S/C13H30N2O/c1-7-11(8-2)15(5)12(10-14)9-13(3,4)16-6/h11-12H,7-10,14H2,1-6H3. The van der Waals surface area contributed by atoms with Crippen LogP contribution in [0.3, 0.4) is 0 Å². The van der Waals surface area contributed by atoms with Gasteiger partial charge in [0.05, 0.1) is 5.60 Å². The average molecular weight is 230 g/mol. The highest BCUT2D eigenvalue weighted by Crippen LogP contribution is 2.20. The number of methoxy groups -OCH3 is 1. The average Bonchev–Trinajstić information content (AvgIpc) is 2.27. The third-order valence-electron chi connectivity index (χ3n) is 3.65. The second-order valence-electron chi connectivity index (χ2n) is 5.19. The van der Waals surface area contributed by atoms with Gasteiger partial charge in [0.2, 0.25) is 0 Å². The Balaban J connectivity index is 4.48. The van der Waals surface area contributed by atoms with E-state index in [9.17, 15) is 0 Å². The first-order valence-electron chi connectivity index (χ1n) is 6.38. The number of ether oxygens (including phenoxy) is 1. The van der Waals surface area contributed by atoms with Crippen molar-refractivity contribution < 1.29 is 4.74 Å².